The number of halogens is 2. The van der Waals surface area contributed by atoms with Crippen molar-refractivity contribution >= 4 is 41.3 Å². The molecule has 0 saturated heterocycles. The number of aliphatic imine (C=N–C) groups is 1. The molecule has 1 heterocycles. The lowest BCUT2D eigenvalue weighted by atomic mass is 10.3. The van der Waals surface area contributed by atoms with Crippen molar-refractivity contribution in [3.63, 3.8) is 0 Å². The molecule has 2 rings (SSSR count). The minimum absolute atomic E-state index is 0. The molecule has 1 aromatic carbocycles. The van der Waals surface area contributed by atoms with Crippen LogP contribution in [0.3, 0.4) is 0 Å². The Morgan fingerprint density at radius 3 is 2.67 bits per heavy atom. The highest BCUT2D eigenvalue weighted by Crippen LogP contribution is 2.12. The van der Waals surface area contributed by atoms with E-state index in [4.69, 9.17) is 4.74 Å². The number of ether oxygens (including phenoxy) is 1. The second kappa shape index (κ2) is 13.7. The maximum atomic E-state index is 12.8. The molecule has 0 aliphatic rings. The van der Waals surface area contributed by atoms with E-state index in [0.29, 0.717) is 12.4 Å². The molecule has 0 aliphatic carbocycles. The molecule has 0 radical (unpaired) electrons. The van der Waals surface area contributed by atoms with Crippen LogP contribution in [0.1, 0.15) is 29.7 Å². The lowest BCUT2D eigenvalue weighted by molar-refractivity contribution is 0.307. The van der Waals surface area contributed by atoms with Gasteiger partial charge >= 0.3 is 0 Å². The van der Waals surface area contributed by atoms with Crippen LogP contribution in [0.5, 0.6) is 5.75 Å². The van der Waals surface area contributed by atoms with Crippen LogP contribution in [-0.4, -0.2) is 37.2 Å². The Morgan fingerprint density at radius 1 is 1.22 bits per heavy atom. The summed E-state index contributed by atoms with van der Waals surface area (Å²) in [5.41, 5.74) is 0. The van der Waals surface area contributed by atoms with Crippen molar-refractivity contribution < 1.29 is 9.13 Å². The van der Waals surface area contributed by atoms with Gasteiger partial charge in [0.1, 0.15) is 11.6 Å². The third-order valence-corrected chi connectivity index (χ3v) is 4.52. The van der Waals surface area contributed by atoms with Crippen LogP contribution in [-0.2, 0) is 6.42 Å². The summed E-state index contributed by atoms with van der Waals surface area (Å²) in [6.45, 7) is 7.10. The van der Waals surface area contributed by atoms with Gasteiger partial charge in [-0.05, 0) is 51.0 Å². The maximum absolute atomic E-state index is 12.8. The topological polar surface area (TPSA) is 58.5 Å². The molecule has 1 aromatic heterocycles. The molecule has 0 saturated carbocycles. The third-order valence-electron chi connectivity index (χ3n) is 3.55. The number of unbranched alkanes of at least 4 members (excludes halogenated alkanes) is 1. The van der Waals surface area contributed by atoms with Gasteiger partial charge in [0.05, 0.1) is 11.6 Å². The largest absolute Gasteiger partial charge is 0.494 e. The summed E-state index contributed by atoms with van der Waals surface area (Å²) in [6.07, 6.45) is 4.64. The fourth-order valence-electron chi connectivity index (χ4n) is 2.27. The first kappa shape index (κ1) is 23.6. The van der Waals surface area contributed by atoms with Gasteiger partial charge in [-0.3, -0.25) is 4.99 Å². The number of guanidine groups is 1. The first-order valence-electron chi connectivity index (χ1n) is 8.99. The molecule has 150 valence electrons. The van der Waals surface area contributed by atoms with Crippen molar-refractivity contribution in [2.75, 3.05) is 26.2 Å². The maximum Gasteiger partial charge on any atom is 0.191 e. The molecular formula is C19H28FIN4OS. The van der Waals surface area contributed by atoms with Gasteiger partial charge in [0.25, 0.3) is 0 Å². The molecule has 2 aromatic rings. The van der Waals surface area contributed by atoms with Gasteiger partial charge < -0.3 is 15.4 Å². The number of aryl methyl sites for hydroxylation is 1. The van der Waals surface area contributed by atoms with E-state index in [0.717, 1.165) is 49.9 Å². The van der Waals surface area contributed by atoms with E-state index in [2.05, 4.69) is 34.5 Å². The van der Waals surface area contributed by atoms with Gasteiger partial charge in [-0.15, -0.1) is 35.3 Å². The van der Waals surface area contributed by atoms with E-state index in [1.54, 1.807) is 23.5 Å². The van der Waals surface area contributed by atoms with Crippen LogP contribution < -0.4 is 15.4 Å². The zero-order valence-electron chi connectivity index (χ0n) is 15.8. The average molecular weight is 506 g/mol. The summed E-state index contributed by atoms with van der Waals surface area (Å²) in [4.78, 5) is 10.2. The molecule has 0 bridgehead atoms. The van der Waals surface area contributed by atoms with E-state index in [9.17, 15) is 4.39 Å². The van der Waals surface area contributed by atoms with Crippen molar-refractivity contribution in [1.82, 2.24) is 15.6 Å². The Kier molecular flexibility index (Phi) is 12.0. The van der Waals surface area contributed by atoms with Crippen LogP contribution >= 0.6 is 35.3 Å². The number of nitrogens with zero attached hydrogens (tertiary/aromatic N) is 2. The van der Waals surface area contributed by atoms with Crippen LogP contribution in [0.2, 0.25) is 0 Å². The Balaban J connectivity index is 0.00000364. The summed E-state index contributed by atoms with van der Waals surface area (Å²) < 4.78 is 18.4. The van der Waals surface area contributed by atoms with Gasteiger partial charge in [0, 0.05) is 37.1 Å². The monoisotopic (exact) mass is 506 g/mol. The second-order valence-corrected chi connectivity index (χ2v) is 7.13. The predicted octanol–water partition coefficient (Wildman–Crippen LogP) is 4.17. The number of benzene rings is 1. The number of rotatable bonds is 10. The van der Waals surface area contributed by atoms with Gasteiger partial charge in [-0.2, -0.15) is 0 Å². The molecule has 0 fully saturated rings. The molecule has 2 N–H and O–H groups in total. The first-order valence-corrected chi connectivity index (χ1v) is 9.81. The van der Waals surface area contributed by atoms with E-state index < -0.39 is 0 Å². The van der Waals surface area contributed by atoms with Crippen LogP contribution in [0.15, 0.2) is 35.5 Å². The molecule has 0 spiro atoms. The Bertz CT molecular complexity index is 679. The number of thiazole rings is 1. The average Bonchev–Trinajstić information content (AvgIpc) is 3.04. The highest BCUT2D eigenvalue weighted by atomic mass is 127. The molecule has 0 aliphatic heterocycles. The third kappa shape index (κ3) is 9.90. The molecule has 27 heavy (non-hydrogen) atoms. The highest BCUT2D eigenvalue weighted by molar-refractivity contribution is 14.0. The Morgan fingerprint density at radius 2 is 2.00 bits per heavy atom. The minimum atomic E-state index is -0.250. The highest BCUT2D eigenvalue weighted by Gasteiger charge is 2.01. The second-order valence-electron chi connectivity index (χ2n) is 5.81. The molecule has 0 atom stereocenters. The standard InChI is InChI=1S/C19H27FN4OS.HI/c1-3-21-19(23-12-10-18-24-14-15(2)26-18)22-11-4-5-13-25-17-8-6-16(20)7-9-17;/h6-9,14H,3-5,10-13H2,1-2H3,(H2,21,22,23);1H. The van der Waals surface area contributed by atoms with Gasteiger partial charge in [0.15, 0.2) is 5.96 Å². The number of hydrogen-bond donors (Lipinski definition) is 2. The molecule has 0 unspecified atom stereocenters. The number of hydrogen-bond acceptors (Lipinski definition) is 4. The fourth-order valence-corrected chi connectivity index (χ4v) is 3.06. The van der Waals surface area contributed by atoms with Crippen LogP contribution in [0.4, 0.5) is 4.39 Å². The van der Waals surface area contributed by atoms with Gasteiger partial charge in [-0.25, -0.2) is 9.37 Å². The molecule has 8 heteroatoms. The van der Waals surface area contributed by atoms with Crippen molar-refractivity contribution in [2.45, 2.75) is 33.1 Å². The van der Waals surface area contributed by atoms with Crippen molar-refractivity contribution in [3.8, 4) is 5.75 Å². The number of aromatic nitrogens is 1. The number of nitrogens with one attached hydrogen (secondary N) is 2. The van der Waals surface area contributed by atoms with Crippen molar-refractivity contribution in [2.24, 2.45) is 4.99 Å². The normalized spacial score (nSPS) is 11.0. The van der Waals surface area contributed by atoms with Crippen molar-refractivity contribution in [3.05, 3.63) is 46.2 Å². The van der Waals surface area contributed by atoms with Crippen LogP contribution in [0, 0.1) is 12.7 Å². The summed E-state index contributed by atoms with van der Waals surface area (Å²) in [6, 6.07) is 6.09. The Labute approximate surface area is 181 Å². The summed E-state index contributed by atoms with van der Waals surface area (Å²) in [5.74, 6) is 1.28. The lowest BCUT2D eigenvalue weighted by Crippen LogP contribution is -2.38. The quantitative estimate of drug-likeness (QED) is 0.220. The fraction of sp³-hybridized carbons (Fsp3) is 0.474. The SMILES string of the molecule is CCNC(=NCCCCOc1ccc(F)cc1)NCCc1ncc(C)s1.I. The predicted molar refractivity (Wildman–Crippen MR) is 121 cm³/mol. The summed E-state index contributed by atoms with van der Waals surface area (Å²) in [7, 11) is 0. The van der Waals surface area contributed by atoms with E-state index >= 15 is 0 Å². The Hall–Kier alpha value is -1.42. The van der Waals surface area contributed by atoms with Crippen LogP contribution in [0.25, 0.3) is 0 Å². The van der Waals surface area contributed by atoms with E-state index in [1.165, 1.54) is 17.0 Å². The van der Waals surface area contributed by atoms with E-state index in [1.807, 2.05) is 6.20 Å². The smallest absolute Gasteiger partial charge is 0.191 e. The first-order chi connectivity index (χ1) is 12.7. The van der Waals surface area contributed by atoms with Gasteiger partial charge in [0.2, 0.25) is 0 Å². The lowest BCUT2D eigenvalue weighted by Gasteiger charge is -2.10. The zero-order valence-corrected chi connectivity index (χ0v) is 19.0. The summed E-state index contributed by atoms with van der Waals surface area (Å²) in [5, 5.41) is 7.73. The zero-order chi connectivity index (χ0) is 18.6. The van der Waals surface area contributed by atoms with Crippen molar-refractivity contribution in [1.29, 1.82) is 0 Å². The minimum Gasteiger partial charge on any atom is -0.494 e. The summed E-state index contributed by atoms with van der Waals surface area (Å²) >= 11 is 1.73. The van der Waals surface area contributed by atoms with Gasteiger partial charge in [-0.1, -0.05) is 0 Å². The van der Waals surface area contributed by atoms with E-state index in [-0.39, 0.29) is 29.8 Å². The molecular weight excluding hydrogens is 478 g/mol. The molecule has 5 nitrogen and oxygen atoms in total. The molecule has 0 amide bonds.